The highest BCUT2D eigenvalue weighted by Crippen LogP contribution is 2.54. The summed E-state index contributed by atoms with van der Waals surface area (Å²) in [7, 11) is 2.23. The second kappa shape index (κ2) is 8.91. The van der Waals surface area contributed by atoms with Crippen molar-refractivity contribution in [2.24, 2.45) is 4.99 Å². The number of aliphatic imine (C=N–C) groups is 1. The van der Waals surface area contributed by atoms with E-state index in [1.165, 1.54) is 0 Å². The van der Waals surface area contributed by atoms with Crippen LogP contribution in [0, 0.1) is 0 Å². The topological polar surface area (TPSA) is 91.3 Å². The number of nitrogens with zero attached hydrogens (tertiary/aromatic N) is 1. The Morgan fingerprint density at radius 2 is 1.50 bits per heavy atom. The smallest absolute Gasteiger partial charge is 0.344 e. The molecule has 3 aliphatic rings. The van der Waals surface area contributed by atoms with Crippen LogP contribution in [0.15, 0.2) is 36.3 Å². The number of Topliss-reactive ketones (excluding diaryl/α,β-unsaturated/α-hetero) is 1. The van der Waals surface area contributed by atoms with Gasteiger partial charge in [-0.1, -0.05) is 65.7 Å². The van der Waals surface area contributed by atoms with E-state index in [0.717, 1.165) is 46.3 Å². The Morgan fingerprint density at radius 3 is 2.00 bits per heavy atom. The number of methoxy groups -OCH3 is 2. The number of ether oxygens (including phenoxy) is 3. The fourth-order valence-corrected chi connectivity index (χ4v) is 4.83. The van der Waals surface area contributed by atoms with Crippen molar-refractivity contribution in [3.63, 3.8) is 0 Å². The molecule has 0 bridgehead atoms. The summed E-state index contributed by atoms with van der Waals surface area (Å²) in [6, 6.07) is -0.149. The van der Waals surface area contributed by atoms with Crippen molar-refractivity contribution in [1.29, 1.82) is 0 Å². The third-order valence-electron chi connectivity index (χ3n) is 5.12. The van der Waals surface area contributed by atoms with Crippen LogP contribution in [0.25, 0.3) is 0 Å². The maximum absolute atomic E-state index is 12.8. The van der Waals surface area contributed by atoms with Gasteiger partial charge in [0.15, 0.2) is 0 Å². The second-order valence-electron chi connectivity index (χ2n) is 6.83. The summed E-state index contributed by atoms with van der Waals surface area (Å²) in [5, 5.41) is -1.87. The van der Waals surface area contributed by atoms with Crippen LogP contribution in [0.2, 0.25) is 0 Å². The fourth-order valence-electron chi connectivity index (χ4n) is 3.65. The minimum absolute atomic E-state index is 0.149. The number of carbonyl (C=O) groups excluding carboxylic acids is 3. The van der Waals surface area contributed by atoms with Crippen LogP contribution in [-0.2, 0) is 28.6 Å². The van der Waals surface area contributed by atoms with Crippen molar-refractivity contribution in [2.45, 2.75) is 43.7 Å². The first-order valence-corrected chi connectivity index (χ1v) is 10.6. The minimum atomic E-state index is -2.14. The first-order valence-electron chi connectivity index (χ1n) is 9.05. The van der Waals surface area contributed by atoms with Gasteiger partial charge >= 0.3 is 11.9 Å². The highest BCUT2D eigenvalue weighted by atomic mass is 35.5. The molecule has 0 unspecified atom stereocenters. The van der Waals surface area contributed by atoms with E-state index in [4.69, 9.17) is 60.6 Å². The zero-order valence-electron chi connectivity index (χ0n) is 16.0. The van der Waals surface area contributed by atoms with Crippen molar-refractivity contribution < 1.29 is 28.6 Å². The molecule has 0 atom stereocenters. The molecule has 162 valence electrons. The van der Waals surface area contributed by atoms with Crippen LogP contribution in [0.3, 0.4) is 0 Å². The van der Waals surface area contributed by atoms with Gasteiger partial charge in [-0.25, -0.2) is 14.6 Å². The average molecular weight is 497 g/mol. The fraction of sp³-hybridized carbons (Fsp3) is 0.474. The SMILES string of the molecule is COC(=O)C1=C(C(=O)OC)C2(OC1=NC1CCCCC1)C(Cl)=C(Cl)C(=O)C(Cl)=C2Cl. The van der Waals surface area contributed by atoms with Crippen molar-refractivity contribution >= 4 is 70.0 Å². The third-order valence-corrected chi connectivity index (χ3v) is 6.95. The Kier molecular flexibility index (Phi) is 6.87. The third kappa shape index (κ3) is 3.55. The van der Waals surface area contributed by atoms with Crippen LogP contribution >= 0.6 is 46.4 Å². The lowest BCUT2D eigenvalue weighted by Gasteiger charge is -2.33. The molecular weight excluding hydrogens is 480 g/mol. The maximum Gasteiger partial charge on any atom is 0.344 e. The molecule has 11 heteroatoms. The van der Waals surface area contributed by atoms with E-state index < -0.39 is 49.0 Å². The highest BCUT2D eigenvalue weighted by molar-refractivity contribution is 6.61. The maximum atomic E-state index is 12.8. The molecule has 30 heavy (non-hydrogen) atoms. The molecule has 1 spiro atoms. The van der Waals surface area contributed by atoms with Gasteiger partial charge < -0.3 is 14.2 Å². The van der Waals surface area contributed by atoms with Gasteiger partial charge in [-0.15, -0.1) is 0 Å². The molecule has 0 aromatic rings. The molecule has 0 radical (unpaired) electrons. The van der Waals surface area contributed by atoms with Gasteiger partial charge in [0.25, 0.3) is 0 Å². The van der Waals surface area contributed by atoms with Crippen molar-refractivity contribution in [1.82, 2.24) is 0 Å². The molecule has 3 rings (SSSR count). The Morgan fingerprint density at radius 1 is 0.967 bits per heavy atom. The normalized spacial score (nSPS) is 23.4. The molecule has 1 fully saturated rings. The Bertz CT molecular complexity index is 915. The quantitative estimate of drug-likeness (QED) is 0.546. The van der Waals surface area contributed by atoms with Gasteiger partial charge in [-0.2, -0.15) is 0 Å². The molecule has 0 N–H and O–H groups in total. The predicted octanol–water partition coefficient (Wildman–Crippen LogP) is 4.09. The van der Waals surface area contributed by atoms with E-state index in [1.807, 2.05) is 0 Å². The van der Waals surface area contributed by atoms with E-state index in [2.05, 4.69) is 4.99 Å². The number of rotatable bonds is 3. The first-order chi connectivity index (χ1) is 14.2. The molecule has 2 aliphatic carbocycles. The molecule has 1 saturated carbocycles. The highest BCUT2D eigenvalue weighted by Gasteiger charge is 2.61. The molecule has 0 aromatic carbocycles. The lowest BCUT2D eigenvalue weighted by molar-refractivity contribution is -0.139. The lowest BCUT2D eigenvalue weighted by atomic mass is 9.86. The summed E-state index contributed by atoms with van der Waals surface area (Å²) < 4.78 is 15.6. The summed E-state index contributed by atoms with van der Waals surface area (Å²) in [4.78, 5) is 42.2. The monoisotopic (exact) mass is 495 g/mol. The summed E-state index contributed by atoms with van der Waals surface area (Å²) in [6.45, 7) is 0. The van der Waals surface area contributed by atoms with Gasteiger partial charge in [0.2, 0.25) is 17.3 Å². The molecule has 0 aromatic heterocycles. The van der Waals surface area contributed by atoms with Crippen molar-refractivity contribution in [3.05, 3.63) is 31.3 Å². The van der Waals surface area contributed by atoms with Crippen LogP contribution in [0.5, 0.6) is 0 Å². The molecule has 1 heterocycles. The van der Waals surface area contributed by atoms with E-state index in [9.17, 15) is 14.4 Å². The Balaban J connectivity index is 2.32. The van der Waals surface area contributed by atoms with E-state index in [-0.39, 0.29) is 17.5 Å². The first kappa shape index (κ1) is 23.1. The van der Waals surface area contributed by atoms with Crippen LogP contribution in [0.4, 0.5) is 0 Å². The van der Waals surface area contributed by atoms with E-state index in [1.54, 1.807) is 0 Å². The van der Waals surface area contributed by atoms with Crippen molar-refractivity contribution in [2.75, 3.05) is 14.2 Å². The number of ketones is 1. The predicted molar refractivity (Wildman–Crippen MR) is 112 cm³/mol. The van der Waals surface area contributed by atoms with Gasteiger partial charge in [0, 0.05) is 0 Å². The van der Waals surface area contributed by atoms with Gasteiger partial charge in [0.05, 0.1) is 30.3 Å². The Hall–Kier alpha value is -1.54. The number of halogens is 4. The average Bonchev–Trinajstić information content (AvgIpc) is 3.10. The number of hydrogen-bond acceptors (Lipinski definition) is 7. The largest absolute Gasteiger partial charge is 0.466 e. The summed E-state index contributed by atoms with van der Waals surface area (Å²) in [5.41, 5.74) is -2.87. The standard InChI is InChI=1S/C19H17Cl4NO6/c1-28-17(26)9-10(18(27)29-2)19(14(22)11(20)13(25)12(21)15(19)23)30-16(9)24-8-6-4-3-5-7-8/h8H,3-7H2,1-2H3. The van der Waals surface area contributed by atoms with Gasteiger partial charge in [-0.3, -0.25) is 4.79 Å². The van der Waals surface area contributed by atoms with Crippen LogP contribution < -0.4 is 0 Å². The number of esters is 2. The molecule has 0 amide bonds. The summed E-state index contributed by atoms with van der Waals surface area (Å²) in [5.74, 6) is -2.96. The minimum Gasteiger partial charge on any atom is -0.466 e. The van der Waals surface area contributed by atoms with Crippen molar-refractivity contribution in [3.8, 4) is 0 Å². The van der Waals surface area contributed by atoms with Crippen LogP contribution in [0.1, 0.15) is 32.1 Å². The lowest BCUT2D eigenvalue weighted by Crippen LogP contribution is -2.41. The van der Waals surface area contributed by atoms with Gasteiger partial charge in [-0.05, 0) is 12.8 Å². The summed E-state index contributed by atoms with van der Waals surface area (Å²) >= 11 is 24.9. The van der Waals surface area contributed by atoms with Gasteiger partial charge in [0.1, 0.15) is 21.2 Å². The number of allylic oxidation sites excluding steroid dienone is 2. The van der Waals surface area contributed by atoms with E-state index >= 15 is 0 Å². The molecular formula is C19H17Cl4NO6. The Labute approximate surface area is 192 Å². The molecule has 7 nitrogen and oxygen atoms in total. The second-order valence-corrected chi connectivity index (χ2v) is 8.34. The molecule has 1 aliphatic heterocycles. The van der Waals surface area contributed by atoms with E-state index in [0.29, 0.717) is 0 Å². The molecule has 0 saturated heterocycles. The zero-order valence-corrected chi connectivity index (χ0v) is 19.0. The number of carbonyl (C=O) groups is 3. The zero-order chi connectivity index (χ0) is 22.2. The number of hydrogen-bond donors (Lipinski definition) is 0. The van der Waals surface area contributed by atoms with Crippen LogP contribution in [-0.4, -0.2) is 49.5 Å². The summed E-state index contributed by atoms with van der Waals surface area (Å²) in [6.07, 6.45) is 4.54.